The van der Waals surface area contributed by atoms with Gasteiger partial charge in [-0.3, -0.25) is 9.78 Å². The topological polar surface area (TPSA) is 54.0 Å². The van der Waals surface area contributed by atoms with Crippen LogP contribution in [-0.2, 0) is 11.3 Å². The summed E-state index contributed by atoms with van der Waals surface area (Å²) in [6.45, 7) is 1.72. The summed E-state index contributed by atoms with van der Waals surface area (Å²) in [4.78, 5) is 16.7. The number of thiazole rings is 1. The van der Waals surface area contributed by atoms with Crippen LogP contribution in [0.5, 0.6) is 0 Å². The summed E-state index contributed by atoms with van der Waals surface area (Å²) < 4.78 is 0. The van der Waals surface area contributed by atoms with E-state index < -0.39 is 0 Å². The van der Waals surface area contributed by atoms with Crippen LogP contribution < -0.4 is 10.6 Å². The van der Waals surface area contributed by atoms with Gasteiger partial charge in [0.25, 0.3) is 0 Å². The second-order valence-electron chi connectivity index (χ2n) is 4.43. The summed E-state index contributed by atoms with van der Waals surface area (Å²) in [5, 5.41) is 6.38. The van der Waals surface area contributed by atoms with Crippen molar-refractivity contribution in [2.75, 3.05) is 6.54 Å². The molecule has 1 aliphatic rings. The quantitative estimate of drug-likeness (QED) is 0.839. The van der Waals surface area contributed by atoms with Crippen molar-refractivity contribution in [3.63, 3.8) is 0 Å². The first-order valence-corrected chi connectivity index (χ1v) is 7.10. The molecule has 1 unspecified atom stereocenters. The number of carbonyl (C=O) groups is 1. The Morgan fingerprint density at radius 3 is 3.24 bits per heavy atom. The third kappa shape index (κ3) is 4.44. The fraction of sp³-hybridized carbons (Fsp3) is 0.667. The molecule has 0 aromatic carbocycles. The van der Waals surface area contributed by atoms with Crippen LogP contribution in [-0.4, -0.2) is 23.5 Å². The molecule has 1 aromatic rings. The predicted molar refractivity (Wildman–Crippen MR) is 68.8 cm³/mol. The van der Waals surface area contributed by atoms with Crippen molar-refractivity contribution >= 4 is 17.2 Å². The lowest BCUT2D eigenvalue weighted by Gasteiger charge is -2.22. The number of amides is 1. The molecular weight excluding hydrogens is 234 g/mol. The number of aromatic nitrogens is 1. The molecule has 5 heteroatoms. The molecule has 1 fully saturated rings. The molecule has 2 N–H and O–H groups in total. The summed E-state index contributed by atoms with van der Waals surface area (Å²) in [5.74, 6) is 0.144. The van der Waals surface area contributed by atoms with Crippen molar-refractivity contribution in [3.05, 3.63) is 16.6 Å². The van der Waals surface area contributed by atoms with Gasteiger partial charge >= 0.3 is 0 Å². The summed E-state index contributed by atoms with van der Waals surface area (Å²) in [7, 11) is 0. The van der Waals surface area contributed by atoms with E-state index in [0.717, 1.165) is 17.8 Å². The second kappa shape index (κ2) is 6.71. The molecule has 0 spiro atoms. The second-order valence-corrected chi connectivity index (χ2v) is 5.40. The van der Waals surface area contributed by atoms with Gasteiger partial charge in [-0.2, -0.15) is 0 Å². The van der Waals surface area contributed by atoms with E-state index in [-0.39, 0.29) is 5.91 Å². The zero-order valence-electron chi connectivity index (χ0n) is 9.95. The van der Waals surface area contributed by atoms with Gasteiger partial charge in [-0.15, -0.1) is 11.3 Å². The Morgan fingerprint density at radius 2 is 2.53 bits per heavy atom. The van der Waals surface area contributed by atoms with E-state index in [1.54, 1.807) is 23.0 Å². The first kappa shape index (κ1) is 12.5. The number of rotatable bonds is 5. The zero-order chi connectivity index (χ0) is 11.9. The van der Waals surface area contributed by atoms with Gasteiger partial charge in [0.15, 0.2) is 0 Å². The van der Waals surface area contributed by atoms with Gasteiger partial charge in [0.2, 0.25) is 5.91 Å². The number of hydrogen-bond acceptors (Lipinski definition) is 4. The lowest BCUT2D eigenvalue weighted by atomic mass is 10.0. The molecule has 0 aliphatic carbocycles. The third-order valence-electron chi connectivity index (χ3n) is 3.08. The van der Waals surface area contributed by atoms with Crippen molar-refractivity contribution in [1.82, 2.24) is 15.6 Å². The average Bonchev–Trinajstić information content (AvgIpc) is 2.88. The molecule has 1 aliphatic heterocycles. The van der Waals surface area contributed by atoms with Crippen LogP contribution in [0.25, 0.3) is 0 Å². The summed E-state index contributed by atoms with van der Waals surface area (Å²) in [6.07, 6.45) is 7.15. The van der Waals surface area contributed by atoms with Crippen molar-refractivity contribution in [2.45, 2.75) is 44.7 Å². The van der Waals surface area contributed by atoms with Crippen LogP contribution in [0, 0.1) is 0 Å². The molecule has 0 saturated carbocycles. The first-order valence-electron chi connectivity index (χ1n) is 6.22. The molecule has 2 rings (SSSR count). The molecular formula is C12H19N3OS. The van der Waals surface area contributed by atoms with Crippen LogP contribution in [0.15, 0.2) is 11.7 Å². The Hall–Kier alpha value is -0.940. The highest BCUT2D eigenvalue weighted by molar-refractivity contribution is 7.09. The molecule has 2 heterocycles. The van der Waals surface area contributed by atoms with Gasteiger partial charge in [-0.05, 0) is 25.8 Å². The Balaban J connectivity index is 1.60. The summed E-state index contributed by atoms with van der Waals surface area (Å²) in [6, 6.07) is 0.540. The van der Waals surface area contributed by atoms with Gasteiger partial charge in [0.1, 0.15) is 0 Å². The lowest BCUT2D eigenvalue weighted by molar-refractivity contribution is -0.121. The fourth-order valence-corrected chi connectivity index (χ4v) is 2.61. The molecule has 1 atom stereocenters. The Kier molecular flexibility index (Phi) is 4.94. The fourth-order valence-electron chi connectivity index (χ4n) is 2.08. The minimum atomic E-state index is 0.144. The number of piperidine rings is 1. The van der Waals surface area contributed by atoms with Crippen LogP contribution in [0.4, 0.5) is 0 Å². The van der Waals surface area contributed by atoms with Gasteiger partial charge < -0.3 is 10.6 Å². The Bertz CT molecular complexity index is 334. The van der Waals surface area contributed by atoms with Gasteiger partial charge in [-0.25, -0.2) is 0 Å². The minimum absolute atomic E-state index is 0.144. The maximum atomic E-state index is 11.6. The van der Waals surface area contributed by atoms with E-state index >= 15 is 0 Å². The molecule has 94 valence electrons. The summed E-state index contributed by atoms with van der Waals surface area (Å²) >= 11 is 1.57. The first-order chi connectivity index (χ1) is 8.34. The standard InChI is InChI=1S/C12H19N3OS/c16-12(15-8-11-7-13-9-17-11)5-4-10-3-1-2-6-14-10/h7,9-10,14H,1-6,8H2,(H,15,16). The molecule has 1 saturated heterocycles. The van der Waals surface area contributed by atoms with Crippen molar-refractivity contribution in [2.24, 2.45) is 0 Å². The highest BCUT2D eigenvalue weighted by Gasteiger charge is 2.13. The number of hydrogen-bond donors (Lipinski definition) is 2. The van der Waals surface area contributed by atoms with E-state index in [1.807, 2.05) is 0 Å². The molecule has 17 heavy (non-hydrogen) atoms. The van der Waals surface area contributed by atoms with E-state index in [2.05, 4.69) is 15.6 Å². The summed E-state index contributed by atoms with van der Waals surface area (Å²) in [5.41, 5.74) is 1.79. The average molecular weight is 253 g/mol. The van der Waals surface area contributed by atoms with Gasteiger partial charge in [-0.1, -0.05) is 6.42 Å². The monoisotopic (exact) mass is 253 g/mol. The van der Waals surface area contributed by atoms with Crippen molar-refractivity contribution < 1.29 is 4.79 Å². The maximum absolute atomic E-state index is 11.6. The minimum Gasteiger partial charge on any atom is -0.351 e. The molecule has 0 radical (unpaired) electrons. The molecule has 1 aromatic heterocycles. The Labute approximate surface area is 106 Å². The largest absolute Gasteiger partial charge is 0.351 e. The Morgan fingerprint density at radius 1 is 1.59 bits per heavy atom. The highest BCUT2D eigenvalue weighted by Crippen LogP contribution is 2.11. The predicted octanol–water partition coefficient (Wildman–Crippen LogP) is 1.68. The normalized spacial score (nSPS) is 20.1. The third-order valence-corrected chi connectivity index (χ3v) is 3.86. The highest BCUT2D eigenvalue weighted by atomic mass is 32.1. The van der Waals surface area contributed by atoms with Crippen molar-refractivity contribution in [1.29, 1.82) is 0 Å². The number of carbonyl (C=O) groups excluding carboxylic acids is 1. The van der Waals surface area contributed by atoms with Gasteiger partial charge in [0.05, 0.1) is 12.1 Å². The maximum Gasteiger partial charge on any atom is 0.220 e. The van der Waals surface area contributed by atoms with E-state index in [9.17, 15) is 4.79 Å². The SMILES string of the molecule is O=C(CCC1CCCCN1)NCc1cncs1. The smallest absolute Gasteiger partial charge is 0.220 e. The van der Waals surface area contributed by atoms with E-state index in [4.69, 9.17) is 0 Å². The number of nitrogens with one attached hydrogen (secondary N) is 2. The van der Waals surface area contributed by atoms with E-state index in [0.29, 0.717) is 19.0 Å². The van der Waals surface area contributed by atoms with Gasteiger partial charge in [0, 0.05) is 23.5 Å². The van der Waals surface area contributed by atoms with Crippen LogP contribution in [0.2, 0.25) is 0 Å². The van der Waals surface area contributed by atoms with Crippen LogP contribution >= 0.6 is 11.3 Å². The van der Waals surface area contributed by atoms with Crippen LogP contribution in [0.1, 0.15) is 37.0 Å². The zero-order valence-corrected chi connectivity index (χ0v) is 10.8. The molecule has 1 amide bonds. The van der Waals surface area contributed by atoms with E-state index in [1.165, 1.54) is 19.3 Å². The molecule has 0 bridgehead atoms. The number of nitrogens with zero attached hydrogens (tertiary/aromatic N) is 1. The van der Waals surface area contributed by atoms with Crippen LogP contribution in [0.3, 0.4) is 0 Å². The lowest BCUT2D eigenvalue weighted by Crippen LogP contribution is -2.35. The molecule has 4 nitrogen and oxygen atoms in total. The van der Waals surface area contributed by atoms with Crippen molar-refractivity contribution in [3.8, 4) is 0 Å².